The van der Waals surface area contributed by atoms with Crippen molar-refractivity contribution >= 4 is 15.9 Å². The standard InChI is InChI=1S/C23H30N2O8S/c1-24(15-17-7-9-19(30-3)22(32-5)21(17)31-4)23(26)16-6-8-18(29-2)20(14-16)34(27,28)25-10-12-33-13-11-25/h6-9,14H,10-13,15H2,1-5H3. The number of sulfonamides is 1. The summed E-state index contributed by atoms with van der Waals surface area (Å²) < 4.78 is 54.6. The molecule has 11 heteroatoms. The van der Waals surface area contributed by atoms with Crippen molar-refractivity contribution in [3.63, 3.8) is 0 Å². The van der Waals surface area contributed by atoms with Crippen molar-refractivity contribution in [2.75, 3.05) is 61.8 Å². The number of amides is 1. The Morgan fingerprint density at radius 2 is 1.56 bits per heavy atom. The summed E-state index contributed by atoms with van der Waals surface area (Å²) in [5, 5.41) is 0. The lowest BCUT2D eigenvalue weighted by molar-refractivity contribution is 0.0729. The van der Waals surface area contributed by atoms with Gasteiger partial charge < -0.3 is 28.6 Å². The Morgan fingerprint density at radius 1 is 0.941 bits per heavy atom. The van der Waals surface area contributed by atoms with Crippen LogP contribution in [0.25, 0.3) is 0 Å². The molecule has 0 spiro atoms. The van der Waals surface area contributed by atoms with Gasteiger partial charge in [-0.15, -0.1) is 0 Å². The van der Waals surface area contributed by atoms with Gasteiger partial charge in [0.25, 0.3) is 5.91 Å². The Bertz CT molecular complexity index is 1130. The number of ether oxygens (including phenoxy) is 5. The first-order chi connectivity index (χ1) is 16.3. The highest BCUT2D eigenvalue weighted by molar-refractivity contribution is 7.89. The van der Waals surface area contributed by atoms with Crippen LogP contribution in [0.2, 0.25) is 0 Å². The average molecular weight is 495 g/mol. The number of carbonyl (C=O) groups excluding carboxylic acids is 1. The predicted octanol–water partition coefficient (Wildman–Crippen LogP) is 2.01. The lowest BCUT2D eigenvalue weighted by atomic mass is 10.1. The van der Waals surface area contributed by atoms with Gasteiger partial charge in [0, 0.05) is 37.8 Å². The molecule has 0 aliphatic carbocycles. The maximum atomic E-state index is 13.2. The Balaban J connectivity index is 1.91. The summed E-state index contributed by atoms with van der Waals surface area (Å²) in [6.45, 7) is 1.30. The smallest absolute Gasteiger partial charge is 0.253 e. The van der Waals surface area contributed by atoms with E-state index in [4.69, 9.17) is 23.7 Å². The maximum Gasteiger partial charge on any atom is 0.253 e. The Labute approximate surface area is 200 Å². The molecule has 0 atom stereocenters. The van der Waals surface area contributed by atoms with Crippen LogP contribution in [0.4, 0.5) is 0 Å². The number of benzene rings is 2. The molecule has 0 unspecified atom stereocenters. The minimum atomic E-state index is -3.87. The second kappa shape index (κ2) is 10.9. The highest BCUT2D eigenvalue weighted by Gasteiger charge is 2.30. The fourth-order valence-electron chi connectivity index (χ4n) is 3.77. The normalized spacial score (nSPS) is 14.4. The SMILES string of the molecule is COc1ccc(C(=O)N(C)Cc2ccc(OC)c(OC)c2OC)cc1S(=O)(=O)N1CCOCC1. The third kappa shape index (κ3) is 5.06. The molecular formula is C23H30N2O8S. The number of morpholine rings is 1. The van der Waals surface area contributed by atoms with Gasteiger partial charge in [-0.2, -0.15) is 4.31 Å². The van der Waals surface area contributed by atoms with Gasteiger partial charge >= 0.3 is 0 Å². The summed E-state index contributed by atoms with van der Waals surface area (Å²) in [5.41, 5.74) is 0.917. The van der Waals surface area contributed by atoms with Crippen molar-refractivity contribution in [3.05, 3.63) is 41.5 Å². The van der Waals surface area contributed by atoms with Gasteiger partial charge in [0.2, 0.25) is 15.8 Å². The van der Waals surface area contributed by atoms with Crippen LogP contribution in [0.5, 0.6) is 23.0 Å². The minimum Gasteiger partial charge on any atom is -0.495 e. The summed E-state index contributed by atoms with van der Waals surface area (Å²) in [4.78, 5) is 14.7. The first kappa shape index (κ1) is 25.6. The molecule has 34 heavy (non-hydrogen) atoms. The molecule has 186 valence electrons. The van der Waals surface area contributed by atoms with Gasteiger partial charge in [0.05, 0.1) is 41.7 Å². The van der Waals surface area contributed by atoms with Crippen molar-refractivity contribution in [1.29, 1.82) is 0 Å². The summed E-state index contributed by atoms with van der Waals surface area (Å²) in [6.07, 6.45) is 0. The monoisotopic (exact) mass is 494 g/mol. The van der Waals surface area contributed by atoms with E-state index in [-0.39, 0.29) is 41.7 Å². The van der Waals surface area contributed by atoms with E-state index in [1.807, 2.05) is 0 Å². The van der Waals surface area contributed by atoms with Crippen LogP contribution in [-0.4, -0.2) is 85.3 Å². The van der Waals surface area contributed by atoms with Crippen LogP contribution in [-0.2, 0) is 21.3 Å². The molecule has 1 fully saturated rings. The van der Waals surface area contributed by atoms with Crippen LogP contribution in [0.3, 0.4) is 0 Å². The van der Waals surface area contributed by atoms with Gasteiger partial charge in [0.1, 0.15) is 10.6 Å². The molecule has 2 aromatic carbocycles. The first-order valence-electron chi connectivity index (χ1n) is 10.6. The lowest BCUT2D eigenvalue weighted by Gasteiger charge is -2.27. The number of methoxy groups -OCH3 is 4. The topological polar surface area (TPSA) is 104 Å². The van der Waals surface area contributed by atoms with Gasteiger partial charge in [-0.1, -0.05) is 0 Å². The molecular weight excluding hydrogens is 464 g/mol. The van der Waals surface area contributed by atoms with Crippen molar-refractivity contribution in [1.82, 2.24) is 9.21 Å². The molecule has 1 aliphatic heterocycles. The molecule has 1 aliphatic rings. The van der Waals surface area contributed by atoms with Crippen LogP contribution >= 0.6 is 0 Å². The Morgan fingerprint density at radius 3 is 2.15 bits per heavy atom. The minimum absolute atomic E-state index is 0.0557. The zero-order chi connectivity index (χ0) is 24.9. The van der Waals surface area contributed by atoms with E-state index >= 15 is 0 Å². The van der Waals surface area contributed by atoms with Crippen LogP contribution in [0.15, 0.2) is 35.2 Å². The first-order valence-corrected chi connectivity index (χ1v) is 12.0. The summed E-state index contributed by atoms with van der Waals surface area (Å²) in [6, 6.07) is 7.91. The number of hydrogen-bond acceptors (Lipinski definition) is 8. The molecule has 1 saturated heterocycles. The van der Waals surface area contributed by atoms with E-state index < -0.39 is 10.0 Å². The molecule has 0 bridgehead atoms. The van der Waals surface area contributed by atoms with Crippen LogP contribution in [0.1, 0.15) is 15.9 Å². The Hall–Kier alpha value is -3.02. The highest BCUT2D eigenvalue weighted by atomic mass is 32.2. The van der Waals surface area contributed by atoms with E-state index in [9.17, 15) is 13.2 Å². The van der Waals surface area contributed by atoms with Gasteiger partial charge in [0.15, 0.2) is 11.5 Å². The number of hydrogen-bond donors (Lipinski definition) is 0. The van der Waals surface area contributed by atoms with Crippen molar-refractivity contribution in [2.45, 2.75) is 11.4 Å². The predicted molar refractivity (Wildman–Crippen MR) is 124 cm³/mol. The average Bonchev–Trinajstić information content (AvgIpc) is 2.87. The molecule has 10 nitrogen and oxygen atoms in total. The molecule has 2 aromatic rings. The molecule has 0 aromatic heterocycles. The zero-order valence-electron chi connectivity index (χ0n) is 20.0. The van der Waals surface area contributed by atoms with Gasteiger partial charge in [-0.3, -0.25) is 4.79 Å². The lowest BCUT2D eigenvalue weighted by Crippen LogP contribution is -2.40. The number of rotatable bonds is 9. The second-order valence-electron chi connectivity index (χ2n) is 7.54. The maximum absolute atomic E-state index is 13.2. The second-order valence-corrected chi connectivity index (χ2v) is 9.44. The summed E-state index contributed by atoms with van der Waals surface area (Å²) in [5.74, 6) is 1.19. The zero-order valence-corrected chi connectivity index (χ0v) is 20.8. The number of carbonyl (C=O) groups is 1. The molecule has 0 radical (unpaired) electrons. The molecule has 1 heterocycles. The van der Waals surface area contributed by atoms with Crippen molar-refractivity contribution in [3.8, 4) is 23.0 Å². The van der Waals surface area contributed by atoms with E-state index in [0.29, 0.717) is 36.0 Å². The quantitative estimate of drug-likeness (QED) is 0.522. The molecule has 1 amide bonds. The fraction of sp³-hybridized carbons (Fsp3) is 0.435. The van der Waals surface area contributed by atoms with Crippen molar-refractivity contribution in [2.24, 2.45) is 0 Å². The summed E-state index contributed by atoms with van der Waals surface area (Å²) >= 11 is 0. The molecule has 0 saturated carbocycles. The largest absolute Gasteiger partial charge is 0.495 e. The van der Waals surface area contributed by atoms with Gasteiger partial charge in [-0.25, -0.2) is 8.42 Å². The van der Waals surface area contributed by atoms with E-state index in [1.54, 1.807) is 25.2 Å². The molecule has 0 N–H and O–H groups in total. The third-order valence-electron chi connectivity index (χ3n) is 5.54. The van der Waals surface area contributed by atoms with Crippen LogP contribution in [0, 0.1) is 0 Å². The molecule has 3 rings (SSSR count). The van der Waals surface area contributed by atoms with E-state index in [0.717, 1.165) is 0 Å². The van der Waals surface area contributed by atoms with E-state index in [2.05, 4.69) is 0 Å². The summed E-state index contributed by atoms with van der Waals surface area (Å²) in [7, 11) is 3.69. The number of nitrogens with zero attached hydrogens (tertiary/aromatic N) is 2. The Kier molecular flexibility index (Phi) is 8.24. The van der Waals surface area contributed by atoms with E-state index in [1.165, 1.54) is 49.8 Å². The highest BCUT2D eigenvalue weighted by Crippen LogP contribution is 2.40. The van der Waals surface area contributed by atoms with Gasteiger partial charge in [-0.05, 0) is 30.3 Å². The van der Waals surface area contributed by atoms with Crippen LogP contribution < -0.4 is 18.9 Å². The fourth-order valence-corrected chi connectivity index (χ4v) is 5.36. The third-order valence-corrected chi connectivity index (χ3v) is 7.46. The van der Waals surface area contributed by atoms with Crippen molar-refractivity contribution < 1.29 is 36.9 Å².